The van der Waals surface area contributed by atoms with Crippen LogP contribution in [0.2, 0.25) is 0 Å². The van der Waals surface area contributed by atoms with Gasteiger partial charge in [-0.1, -0.05) is 6.92 Å². The maximum Gasteiger partial charge on any atom is 0.254 e. The van der Waals surface area contributed by atoms with Crippen LogP contribution in [0, 0.1) is 12.8 Å². The number of fused-ring (bicyclic) bond motifs is 1. The number of pyridine rings is 1. The van der Waals surface area contributed by atoms with E-state index in [1.54, 1.807) is 4.90 Å². The highest BCUT2D eigenvalue weighted by Gasteiger charge is 2.33. The van der Waals surface area contributed by atoms with Crippen LogP contribution in [0.4, 0.5) is 0 Å². The van der Waals surface area contributed by atoms with Gasteiger partial charge >= 0.3 is 0 Å². The number of carbonyl (C=O) groups is 1. The van der Waals surface area contributed by atoms with Gasteiger partial charge in [0.15, 0.2) is 15.5 Å². The average molecular weight is 419 g/mol. The minimum Gasteiger partial charge on any atom is -0.337 e. The Morgan fingerprint density at radius 3 is 2.55 bits per heavy atom. The first-order chi connectivity index (χ1) is 13.5. The van der Waals surface area contributed by atoms with Gasteiger partial charge < -0.3 is 4.90 Å². The van der Waals surface area contributed by atoms with E-state index in [0.717, 1.165) is 35.3 Å². The summed E-state index contributed by atoms with van der Waals surface area (Å²) in [6, 6.07) is 1.92. The maximum atomic E-state index is 13.6. The molecule has 0 unspecified atom stereocenters. The Hall–Kier alpha value is -1.96. The average Bonchev–Trinajstić information content (AvgIpc) is 3.40. The van der Waals surface area contributed by atoms with Crippen LogP contribution in [-0.2, 0) is 15.4 Å². The van der Waals surface area contributed by atoms with E-state index in [0.29, 0.717) is 18.0 Å². The molecular weight excluding hydrogens is 388 g/mol. The monoisotopic (exact) mass is 418 g/mol. The first-order valence-corrected chi connectivity index (χ1v) is 12.2. The quantitative estimate of drug-likeness (QED) is 0.749. The van der Waals surface area contributed by atoms with Crippen molar-refractivity contribution in [3.63, 3.8) is 0 Å². The van der Waals surface area contributed by atoms with E-state index in [4.69, 9.17) is 10.1 Å². The van der Waals surface area contributed by atoms with E-state index in [1.807, 2.05) is 24.6 Å². The number of aryl methyl sites for hydroxylation is 1. The molecule has 2 aromatic rings. The summed E-state index contributed by atoms with van der Waals surface area (Å²) in [5, 5.41) is 5.50. The number of nitrogens with zero attached hydrogens (tertiary/aromatic N) is 4. The van der Waals surface area contributed by atoms with Crippen molar-refractivity contribution in [1.29, 1.82) is 0 Å². The van der Waals surface area contributed by atoms with Crippen molar-refractivity contribution >= 4 is 26.8 Å². The van der Waals surface area contributed by atoms with Crippen LogP contribution in [0.1, 0.15) is 68.2 Å². The zero-order chi connectivity index (χ0) is 21.1. The highest BCUT2D eigenvalue weighted by molar-refractivity contribution is 7.91. The predicted molar refractivity (Wildman–Crippen MR) is 113 cm³/mol. The van der Waals surface area contributed by atoms with E-state index < -0.39 is 9.84 Å². The molecule has 0 spiro atoms. The number of amides is 1. The number of aromatic nitrogens is 3. The molecule has 4 rings (SSSR count). The molecule has 0 aromatic carbocycles. The molecule has 0 N–H and O–H groups in total. The standard InChI is InChI=1S/C21H30N4O3S/c1-13-11-24(8-9-29(27,28)12-13)20(26)16-10-17(15-6-7-15)22-19-18(16)14(2)23-25(19)21(3,4)5/h10,13,15H,6-9,11-12H2,1-5H3/t13-/m0/s1. The molecule has 1 aliphatic heterocycles. The second-order valence-electron chi connectivity index (χ2n) is 9.71. The van der Waals surface area contributed by atoms with E-state index in [1.165, 1.54) is 0 Å². The lowest BCUT2D eigenvalue weighted by molar-refractivity contribution is 0.0753. The lowest BCUT2D eigenvalue weighted by atomic mass is 10.0. The first kappa shape index (κ1) is 20.3. The molecule has 29 heavy (non-hydrogen) atoms. The van der Waals surface area contributed by atoms with Gasteiger partial charge in [0.1, 0.15) is 0 Å². The zero-order valence-corrected chi connectivity index (χ0v) is 18.7. The second kappa shape index (κ2) is 6.79. The number of hydrogen-bond acceptors (Lipinski definition) is 5. The van der Waals surface area contributed by atoms with Gasteiger partial charge in [0.05, 0.1) is 33.7 Å². The molecule has 0 radical (unpaired) electrons. The second-order valence-corrected chi connectivity index (χ2v) is 11.9. The van der Waals surface area contributed by atoms with Crippen molar-refractivity contribution in [2.24, 2.45) is 5.92 Å². The zero-order valence-electron chi connectivity index (χ0n) is 17.9. The molecule has 1 atom stereocenters. The lowest BCUT2D eigenvalue weighted by Crippen LogP contribution is -2.35. The Labute approximate surface area is 172 Å². The lowest BCUT2D eigenvalue weighted by Gasteiger charge is -2.23. The van der Waals surface area contributed by atoms with Crippen molar-refractivity contribution in [3.05, 3.63) is 23.0 Å². The molecule has 1 aliphatic carbocycles. The Morgan fingerprint density at radius 2 is 1.93 bits per heavy atom. The summed E-state index contributed by atoms with van der Waals surface area (Å²) in [6.45, 7) is 10.7. The van der Waals surface area contributed by atoms with Crippen LogP contribution in [0.3, 0.4) is 0 Å². The van der Waals surface area contributed by atoms with Crippen LogP contribution in [0.5, 0.6) is 0 Å². The van der Waals surface area contributed by atoms with Crippen molar-refractivity contribution in [2.45, 2.75) is 58.9 Å². The highest BCUT2D eigenvalue weighted by atomic mass is 32.2. The van der Waals surface area contributed by atoms with Crippen molar-refractivity contribution in [3.8, 4) is 0 Å². The van der Waals surface area contributed by atoms with Gasteiger partial charge in [-0.05, 0) is 52.5 Å². The fraction of sp³-hybridized carbons (Fsp3) is 0.667. The number of hydrogen-bond donors (Lipinski definition) is 0. The fourth-order valence-corrected chi connectivity index (χ4v) is 5.81. The summed E-state index contributed by atoms with van der Waals surface area (Å²) in [4.78, 5) is 20.2. The van der Waals surface area contributed by atoms with E-state index in [2.05, 4.69) is 20.8 Å². The molecule has 2 aromatic heterocycles. The molecule has 0 bridgehead atoms. The first-order valence-electron chi connectivity index (χ1n) is 10.4. The van der Waals surface area contributed by atoms with Crippen molar-refractivity contribution in [1.82, 2.24) is 19.7 Å². The largest absolute Gasteiger partial charge is 0.337 e. The van der Waals surface area contributed by atoms with Gasteiger partial charge in [-0.15, -0.1) is 0 Å². The molecule has 1 saturated heterocycles. The molecule has 2 fully saturated rings. The summed E-state index contributed by atoms with van der Waals surface area (Å²) < 4.78 is 26.2. The summed E-state index contributed by atoms with van der Waals surface area (Å²) >= 11 is 0. The summed E-state index contributed by atoms with van der Waals surface area (Å²) in [6.07, 6.45) is 2.18. The summed E-state index contributed by atoms with van der Waals surface area (Å²) in [5.74, 6) is 0.368. The van der Waals surface area contributed by atoms with Crippen LogP contribution in [-0.4, -0.2) is 58.6 Å². The number of rotatable bonds is 2. The Kier molecular flexibility index (Phi) is 4.76. The third-order valence-electron chi connectivity index (χ3n) is 5.72. The normalized spacial score (nSPS) is 22.7. The van der Waals surface area contributed by atoms with Gasteiger partial charge in [-0.3, -0.25) is 4.79 Å². The van der Waals surface area contributed by atoms with Crippen LogP contribution < -0.4 is 0 Å². The molecule has 2 aliphatic rings. The Balaban J connectivity index is 1.84. The minimum absolute atomic E-state index is 0.0209. The summed E-state index contributed by atoms with van der Waals surface area (Å²) in [7, 11) is -3.12. The molecule has 3 heterocycles. The third-order valence-corrected chi connectivity index (χ3v) is 7.61. The SMILES string of the molecule is Cc1nn(C(C)(C)C)c2nc(C3CC3)cc(C(=O)N3CCS(=O)(=O)C[C@@H](C)C3)c12. The Bertz CT molecular complexity index is 1080. The predicted octanol–water partition coefficient (Wildman–Crippen LogP) is 2.88. The van der Waals surface area contributed by atoms with Crippen molar-refractivity contribution in [2.75, 3.05) is 24.6 Å². The van der Waals surface area contributed by atoms with Gasteiger partial charge in [0, 0.05) is 24.7 Å². The van der Waals surface area contributed by atoms with E-state index in [9.17, 15) is 13.2 Å². The van der Waals surface area contributed by atoms with E-state index >= 15 is 0 Å². The third kappa shape index (κ3) is 3.91. The van der Waals surface area contributed by atoms with Crippen LogP contribution >= 0.6 is 0 Å². The van der Waals surface area contributed by atoms with Crippen LogP contribution in [0.15, 0.2) is 6.07 Å². The molecule has 1 amide bonds. The molecule has 1 saturated carbocycles. The van der Waals surface area contributed by atoms with Crippen LogP contribution in [0.25, 0.3) is 11.0 Å². The van der Waals surface area contributed by atoms with Gasteiger partial charge in [-0.25, -0.2) is 18.1 Å². The topological polar surface area (TPSA) is 85.2 Å². The molecule has 8 heteroatoms. The molecule has 158 valence electrons. The van der Waals surface area contributed by atoms with Gasteiger partial charge in [-0.2, -0.15) is 5.10 Å². The molecule has 7 nitrogen and oxygen atoms in total. The summed E-state index contributed by atoms with van der Waals surface area (Å²) in [5.41, 5.74) is 2.83. The van der Waals surface area contributed by atoms with Gasteiger partial charge in [0.2, 0.25) is 0 Å². The highest BCUT2D eigenvalue weighted by Crippen LogP contribution is 2.41. The van der Waals surface area contributed by atoms with Gasteiger partial charge in [0.25, 0.3) is 5.91 Å². The minimum atomic E-state index is -3.12. The fourth-order valence-electron chi connectivity index (χ4n) is 4.17. The van der Waals surface area contributed by atoms with Crippen molar-refractivity contribution < 1.29 is 13.2 Å². The number of sulfone groups is 1. The molecular formula is C21H30N4O3S. The van der Waals surface area contributed by atoms with E-state index in [-0.39, 0.29) is 35.4 Å². The number of carbonyl (C=O) groups excluding carboxylic acids is 1. The maximum absolute atomic E-state index is 13.6. The Morgan fingerprint density at radius 1 is 1.24 bits per heavy atom. The smallest absolute Gasteiger partial charge is 0.254 e.